The largest absolute Gasteiger partial charge is 0.492 e. The Kier molecular flexibility index (Phi) is 3.63. The molecule has 0 amide bonds. The van der Waals surface area contributed by atoms with Crippen molar-refractivity contribution in [3.05, 3.63) is 65.0 Å². The van der Waals surface area contributed by atoms with Gasteiger partial charge >= 0.3 is 7.12 Å². The number of benzene rings is 2. The Morgan fingerprint density at radius 2 is 2.05 bits per heavy atom. The summed E-state index contributed by atoms with van der Waals surface area (Å²) < 4.78 is 18.7. The van der Waals surface area contributed by atoms with E-state index < -0.39 is 18.5 Å². The van der Waals surface area contributed by atoms with Gasteiger partial charge in [0.2, 0.25) is 0 Å². The van der Waals surface area contributed by atoms with Crippen LogP contribution < -0.4 is 5.46 Å². The van der Waals surface area contributed by atoms with Crippen molar-refractivity contribution >= 4 is 18.4 Å². The van der Waals surface area contributed by atoms with Gasteiger partial charge in [-0.15, -0.1) is 0 Å². The van der Waals surface area contributed by atoms with Crippen LogP contribution >= 0.6 is 0 Å². The van der Waals surface area contributed by atoms with Crippen molar-refractivity contribution in [1.29, 1.82) is 0 Å². The lowest BCUT2D eigenvalue weighted by molar-refractivity contribution is 0.0991. The number of fused-ring (bicyclic) bond motifs is 1. The zero-order valence-corrected chi connectivity index (χ0v) is 12.5. The van der Waals surface area contributed by atoms with Crippen molar-refractivity contribution < 1.29 is 18.9 Å². The highest BCUT2D eigenvalue weighted by atomic mass is 19.1. The van der Waals surface area contributed by atoms with Gasteiger partial charge in [0.1, 0.15) is 5.82 Å². The Balaban J connectivity index is 1.86. The Hall–Kier alpha value is -1.98. The lowest BCUT2D eigenvalue weighted by Gasteiger charge is -2.19. The molecule has 3 nitrogen and oxygen atoms in total. The van der Waals surface area contributed by atoms with Crippen molar-refractivity contribution in [2.45, 2.75) is 25.9 Å². The third-order valence-corrected chi connectivity index (χ3v) is 3.95. The summed E-state index contributed by atoms with van der Waals surface area (Å²) in [5.74, 6) is -0.586. The van der Waals surface area contributed by atoms with Crippen molar-refractivity contribution in [3.8, 4) is 0 Å². The molecular weight excluding hydrogens is 282 g/mol. The molecule has 1 aliphatic heterocycles. The van der Waals surface area contributed by atoms with E-state index in [1.165, 1.54) is 18.2 Å². The van der Waals surface area contributed by atoms with Crippen molar-refractivity contribution in [2.75, 3.05) is 0 Å². The van der Waals surface area contributed by atoms with E-state index in [1.807, 2.05) is 26.0 Å². The molecule has 2 aromatic rings. The average Bonchev–Trinajstić information content (AvgIpc) is 2.68. The lowest BCUT2D eigenvalue weighted by Crippen LogP contribution is -2.29. The van der Waals surface area contributed by atoms with Crippen LogP contribution in [0.15, 0.2) is 42.5 Å². The van der Waals surface area contributed by atoms with Crippen LogP contribution in [0.1, 0.15) is 35.3 Å². The minimum atomic E-state index is -0.978. The predicted molar refractivity (Wildman–Crippen MR) is 82.6 cm³/mol. The monoisotopic (exact) mass is 298 g/mol. The van der Waals surface area contributed by atoms with Crippen molar-refractivity contribution in [3.63, 3.8) is 0 Å². The molecule has 1 N–H and O–H groups in total. The predicted octanol–water partition coefficient (Wildman–Crippen LogP) is 2.20. The molecule has 0 atom stereocenters. The van der Waals surface area contributed by atoms with E-state index in [2.05, 4.69) is 0 Å². The van der Waals surface area contributed by atoms with E-state index in [9.17, 15) is 14.2 Å². The van der Waals surface area contributed by atoms with Gasteiger partial charge in [0.25, 0.3) is 0 Å². The Morgan fingerprint density at radius 1 is 1.27 bits per heavy atom. The van der Waals surface area contributed by atoms with Crippen LogP contribution in [-0.4, -0.2) is 17.9 Å². The fourth-order valence-electron chi connectivity index (χ4n) is 2.83. The molecular formula is C17H16BFO3. The van der Waals surface area contributed by atoms with Gasteiger partial charge in [-0.05, 0) is 42.6 Å². The summed E-state index contributed by atoms with van der Waals surface area (Å²) in [7, 11) is -0.978. The maximum absolute atomic E-state index is 13.2. The van der Waals surface area contributed by atoms with Crippen molar-refractivity contribution in [2.24, 2.45) is 0 Å². The van der Waals surface area contributed by atoms with Gasteiger partial charge in [-0.25, -0.2) is 4.39 Å². The number of carbonyl (C=O) groups excluding carboxylic acids is 1. The first-order chi connectivity index (χ1) is 10.4. The first-order valence-corrected chi connectivity index (χ1v) is 7.15. The number of rotatable bonds is 3. The molecule has 0 bridgehead atoms. The Morgan fingerprint density at radius 3 is 2.77 bits per heavy atom. The van der Waals surface area contributed by atoms with Gasteiger partial charge in [-0.2, -0.15) is 0 Å². The van der Waals surface area contributed by atoms with E-state index in [0.717, 1.165) is 11.1 Å². The summed E-state index contributed by atoms with van der Waals surface area (Å²) in [6, 6.07) is 11.2. The fourth-order valence-corrected chi connectivity index (χ4v) is 2.83. The molecule has 0 saturated carbocycles. The topological polar surface area (TPSA) is 46.5 Å². The standard InChI is InChI=1S/C17H16BFO3/c1-17(2)14-7-6-11(8-15(14)18(21)22-17)9-16(20)12-4-3-5-13(19)10-12/h3-8,10,21H,9H2,1-2H3. The number of Topliss-reactive ketones (excluding diaryl/α,β-unsaturated/α-hetero) is 1. The van der Waals surface area contributed by atoms with Crippen LogP contribution in [0.25, 0.3) is 0 Å². The van der Waals surface area contributed by atoms with Crippen LogP contribution in [0.3, 0.4) is 0 Å². The lowest BCUT2D eigenvalue weighted by atomic mass is 9.77. The van der Waals surface area contributed by atoms with Gasteiger partial charge in [0.15, 0.2) is 5.78 Å². The van der Waals surface area contributed by atoms with Gasteiger partial charge in [-0.3, -0.25) is 4.79 Å². The fraction of sp³-hybridized carbons (Fsp3) is 0.235. The molecule has 0 aliphatic carbocycles. The maximum Gasteiger partial charge on any atom is 0.492 e. The smallest absolute Gasteiger partial charge is 0.423 e. The summed E-state index contributed by atoms with van der Waals surface area (Å²) in [6.07, 6.45) is 0.157. The van der Waals surface area contributed by atoms with Crippen LogP contribution in [0, 0.1) is 5.82 Å². The Labute approximate surface area is 128 Å². The van der Waals surface area contributed by atoms with Crippen LogP contribution in [-0.2, 0) is 16.7 Å². The van der Waals surface area contributed by atoms with Crippen LogP contribution in [0.2, 0.25) is 0 Å². The molecule has 112 valence electrons. The maximum atomic E-state index is 13.2. The average molecular weight is 298 g/mol. The normalized spacial score (nSPS) is 15.7. The molecule has 22 heavy (non-hydrogen) atoms. The number of ketones is 1. The third-order valence-electron chi connectivity index (χ3n) is 3.95. The zero-order valence-electron chi connectivity index (χ0n) is 12.5. The molecule has 1 aliphatic rings. The van der Waals surface area contributed by atoms with E-state index in [1.54, 1.807) is 12.1 Å². The quantitative estimate of drug-likeness (QED) is 0.698. The van der Waals surface area contributed by atoms with E-state index in [0.29, 0.717) is 11.0 Å². The second-order valence-corrected chi connectivity index (χ2v) is 6.01. The molecule has 0 unspecified atom stereocenters. The molecule has 0 saturated heterocycles. The SMILES string of the molecule is CC1(C)OB(O)c2cc(CC(=O)c3cccc(F)c3)ccc21. The minimum absolute atomic E-state index is 0.157. The molecule has 3 rings (SSSR count). The zero-order chi connectivity index (χ0) is 15.9. The van der Waals surface area contributed by atoms with E-state index >= 15 is 0 Å². The molecule has 0 aromatic heterocycles. The second kappa shape index (κ2) is 5.34. The first kappa shape index (κ1) is 14.9. The van der Waals surface area contributed by atoms with Crippen LogP contribution in [0.5, 0.6) is 0 Å². The van der Waals surface area contributed by atoms with Gasteiger partial charge in [0.05, 0.1) is 5.60 Å². The number of carbonyl (C=O) groups is 1. The van der Waals surface area contributed by atoms with E-state index in [-0.39, 0.29) is 12.2 Å². The summed E-state index contributed by atoms with van der Waals surface area (Å²) >= 11 is 0. The number of hydrogen-bond acceptors (Lipinski definition) is 3. The van der Waals surface area contributed by atoms with Gasteiger partial charge in [0, 0.05) is 12.0 Å². The van der Waals surface area contributed by atoms with E-state index in [4.69, 9.17) is 4.65 Å². The first-order valence-electron chi connectivity index (χ1n) is 7.15. The number of halogens is 1. The highest BCUT2D eigenvalue weighted by Crippen LogP contribution is 2.30. The van der Waals surface area contributed by atoms with Gasteiger partial charge in [-0.1, -0.05) is 30.3 Å². The molecule has 0 fully saturated rings. The third kappa shape index (κ3) is 2.70. The molecule has 2 aromatic carbocycles. The highest BCUT2D eigenvalue weighted by Gasteiger charge is 2.40. The Bertz CT molecular complexity index is 742. The summed E-state index contributed by atoms with van der Waals surface area (Å²) in [4.78, 5) is 12.2. The number of hydrogen-bond donors (Lipinski definition) is 1. The molecule has 0 radical (unpaired) electrons. The summed E-state index contributed by atoms with van der Waals surface area (Å²) in [5.41, 5.74) is 2.18. The van der Waals surface area contributed by atoms with Crippen LogP contribution in [0.4, 0.5) is 4.39 Å². The minimum Gasteiger partial charge on any atom is -0.423 e. The van der Waals surface area contributed by atoms with Crippen molar-refractivity contribution in [1.82, 2.24) is 0 Å². The summed E-state index contributed by atoms with van der Waals surface area (Å²) in [5, 5.41) is 9.97. The second-order valence-electron chi connectivity index (χ2n) is 6.01. The molecule has 1 heterocycles. The molecule has 5 heteroatoms. The summed E-state index contributed by atoms with van der Waals surface area (Å²) in [6.45, 7) is 3.78. The highest BCUT2D eigenvalue weighted by molar-refractivity contribution is 6.62. The van der Waals surface area contributed by atoms with Gasteiger partial charge < -0.3 is 9.68 Å². The molecule has 0 spiro atoms.